The summed E-state index contributed by atoms with van der Waals surface area (Å²) in [5.41, 5.74) is 9.77. The van der Waals surface area contributed by atoms with Crippen molar-refractivity contribution >= 4 is 65.4 Å². The molecule has 0 aliphatic rings. The Kier molecular flexibility index (Phi) is 4.26. The molecule has 0 fully saturated rings. The fourth-order valence-electron chi connectivity index (χ4n) is 7.02. The molecule has 3 heteroatoms. The third kappa shape index (κ3) is 2.69. The molecule has 0 spiro atoms. The van der Waals surface area contributed by atoms with Crippen LogP contribution < -0.4 is 0 Å². The summed E-state index contributed by atoms with van der Waals surface area (Å²) in [7, 11) is 2.21. The number of nitrogens with zero attached hydrogens (tertiary/aromatic N) is 3. The standard InChI is InChI=1S/C37H25N3/c1-38-33-21-11-22-34(39-29-17-6-2-12-24(29)25-13-3-7-18-30(25)39)36(33)28-16-10-23-35(37(28)38)40-31-19-8-4-14-26(31)27-15-5-9-20-32(27)40/h2-23H,1H3. The van der Waals surface area contributed by atoms with Gasteiger partial charge in [-0.05, 0) is 42.5 Å². The molecule has 0 bridgehead atoms. The van der Waals surface area contributed by atoms with Crippen LogP contribution in [0, 0.1) is 0 Å². The van der Waals surface area contributed by atoms with E-state index in [9.17, 15) is 0 Å². The van der Waals surface area contributed by atoms with Crippen molar-refractivity contribution < 1.29 is 0 Å². The lowest BCUT2D eigenvalue weighted by Crippen LogP contribution is -1.98. The normalized spacial score (nSPS) is 12.1. The molecule has 0 amide bonds. The Morgan fingerprint density at radius 2 is 0.725 bits per heavy atom. The molecule has 0 unspecified atom stereocenters. The van der Waals surface area contributed by atoms with Crippen LogP contribution >= 0.6 is 0 Å². The van der Waals surface area contributed by atoms with E-state index in [1.807, 2.05) is 0 Å². The van der Waals surface area contributed by atoms with Gasteiger partial charge in [0.25, 0.3) is 0 Å². The highest BCUT2D eigenvalue weighted by molar-refractivity contribution is 6.18. The van der Waals surface area contributed by atoms with Crippen molar-refractivity contribution in [3.05, 3.63) is 133 Å². The first kappa shape index (κ1) is 21.6. The van der Waals surface area contributed by atoms with E-state index in [-0.39, 0.29) is 0 Å². The van der Waals surface area contributed by atoms with E-state index in [0.29, 0.717) is 0 Å². The van der Waals surface area contributed by atoms with E-state index >= 15 is 0 Å². The molecule has 0 N–H and O–H groups in total. The topological polar surface area (TPSA) is 14.8 Å². The van der Waals surface area contributed by atoms with Crippen molar-refractivity contribution in [3.8, 4) is 11.4 Å². The van der Waals surface area contributed by atoms with Gasteiger partial charge in [-0.25, -0.2) is 0 Å². The minimum Gasteiger partial charge on any atom is -0.342 e. The van der Waals surface area contributed by atoms with Gasteiger partial charge in [0.05, 0.1) is 44.5 Å². The van der Waals surface area contributed by atoms with E-state index < -0.39 is 0 Å². The first-order chi connectivity index (χ1) is 19.8. The van der Waals surface area contributed by atoms with Crippen LogP contribution in [0.15, 0.2) is 133 Å². The monoisotopic (exact) mass is 511 g/mol. The third-order valence-corrected chi connectivity index (χ3v) is 8.64. The summed E-state index contributed by atoms with van der Waals surface area (Å²) >= 11 is 0. The molecule has 0 saturated heterocycles. The highest BCUT2D eigenvalue weighted by atomic mass is 15.0. The van der Waals surface area contributed by atoms with E-state index in [0.717, 1.165) is 0 Å². The molecule has 0 saturated carbocycles. The van der Waals surface area contributed by atoms with Gasteiger partial charge in [0.15, 0.2) is 0 Å². The molecule has 3 aromatic heterocycles. The first-order valence-corrected chi connectivity index (χ1v) is 13.8. The Morgan fingerprint density at radius 3 is 1.25 bits per heavy atom. The summed E-state index contributed by atoms with van der Waals surface area (Å²) in [6.07, 6.45) is 0. The van der Waals surface area contributed by atoms with Gasteiger partial charge in [0.2, 0.25) is 0 Å². The van der Waals surface area contributed by atoms with Crippen LogP contribution in [0.1, 0.15) is 0 Å². The molecule has 188 valence electrons. The van der Waals surface area contributed by atoms with Crippen LogP contribution in [0.25, 0.3) is 76.8 Å². The van der Waals surface area contributed by atoms with Crippen molar-refractivity contribution in [2.24, 2.45) is 7.05 Å². The summed E-state index contributed by atoms with van der Waals surface area (Å²) in [4.78, 5) is 0. The smallest absolute Gasteiger partial charge is 0.0734 e. The van der Waals surface area contributed by atoms with Crippen molar-refractivity contribution in [2.45, 2.75) is 0 Å². The van der Waals surface area contributed by atoms with Gasteiger partial charge >= 0.3 is 0 Å². The lowest BCUT2D eigenvalue weighted by Gasteiger charge is -2.11. The van der Waals surface area contributed by atoms with E-state index in [2.05, 4.69) is 154 Å². The van der Waals surface area contributed by atoms with Gasteiger partial charge < -0.3 is 13.7 Å². The molecule has 0 atom stereocenters. The Hall–Kier alpha value is -5.28. The molecule has 40 heavy (non-hydrogen) atoms. The van der Waals surface area contributed by atoms with Crippen molar-refractivity contribution in [2.75, 3.05) is 0 Å². The lowest BCUT2D eigenvalue weighted by molar-refractivity contribution is 1.00. The van der Waals surface area contributed by atoms with Crippen LogP contribution in [0.3, 0.4) is 0 Å². The molecule has 3 nitrogen and oxygen atoms in total. The molecule has 6 aromatic carbocycles. The quantitative estimate of drug-likeness (QED) is 0.219. The number of hydrogen-bond acceptors (Lipinski definition) is 0. The molecule has 0 aliphatic heterocycles. The molecule has 0 aliphatic carbocycles. The SMILES string of the molecule is Cn1c2cccc(-n3c4ccccc4c4ccccc43)c2c2cccc(-n3c4ccccc4c4ccccc43)c21. The highest BCUT2D eigenvalue weighted by Gasteiger charge is 2.21. The Labute approximate surface area is 230 Å². The molecular weight excluding hydrogens is 486 g/mol. The Bertz CT molecular complexity index is 2340. The van der Waals surface area contributed by atoms with Gasteiger partial charge in [-0.1, -0.05) is 91.0 Å². The first-order valence-electron chi connectivity index (χ1n) is 13.8. The summed E-state index contributed by atoms with van der Waals surface area (Å²) in [5, 5.41) is 7.64. The van der Waals surface area contributed by atoms with Gasteiger partial charge in [0.1, 0.15) is 0 Å². The third-order valence-electron chi connectivity index (χ3n) is 8.64. The minimum atomic E-state index is 1.20. The molecule has 3 heterocycles. The number of hydrogen-bond donors (Lipinski definition) is 0. The van der Waals surface area contributed by atoms with Crippen molar-refractivity contribution in [3.63, 3.8) is 0 Å². The van der Waals surface area contributed by atoms with Crippen LogP contribution in [0.4, 0.5) is 0 Å². The molecule has 0 radical (unpaired) electrons. The second-order valence-corrected chi connectivity index (χ2v) is 10.6. The van der Waals surface area contributed by atoms with Crippen LogP contribution in [0.5, 0.6) is 0 Å². The fourth-order valence-corrected chi connectivity index (χ4v) is 7.02. The average molecular weight is 512 g/mol. The van der Waals surface area contributed by atoms with E-state index in [4.69, 9.17) is 0 Å². The van der Waals surface area contributed by atoms with Gasteiger partial charge in [-0.15, -0.1) is 0 Å². The van der Waals surface area contributed by atoms with Crippen molar-refractivity contribution in [1.29, 1.82) is 0 Å². The van der Waals surface area contributed by atoms with E-state index in [1.165, 1.54) is 76.8 Å². The largest absolute Gasteiger partial charge is 0.342 e. The highest BCUT2D eigenvalue weighted by Crippen LogP contribution is 2.41. The maximum absolute atomic E-state index is 2.44. The summed E-state index contributed by atoms with van der Waals surface area (Å²) in [6, 6.07) is 48.5. The van der Waals surface area contributed by atoms with E-state index in [1.54, 1.807) is 0 Å². The fraction of sp³-hybridized carbons (Fsp3) is 0.0270. The van der Waals surface area contributed by atoms with Crippen molar-refractivity contribution in [1.82, 2.24) is 13.7 Å². The average Bonchev–Trinajstić information content (AvgIpc) is 3.63. The summed E-state index contributed by atoms with van der Waals surface area (Å²) in [5.74, 6) is 0. The zero-order chi connectivity index (χ0) is 26.4. The number of aryl methyl sites for hydroxylation is 1. The molecular formula is C37H25N3. The number of para-hydroxylation sites is 5. The molecule has 9 aromatic rings. The predicted octanol–water partition coefficient (Wildman–Crippen LogP) is 9.53. The lowest BCUT2D eigenvalue weighted by atomic mass is 10.1. The van der Waals surface area contributed by atoms with Gasteiger partial charge in [-0.2, -0.15) is 0 Å². The van der Waals surface area contributed by atoms with Gasteiger partial charge in [0, 0.05) is 39.4 Å². The van der Waals surface area contributed by atoms with Gasteiger partial charge in [-0.3, -0.25) is 0 Å². The minimum absolute atomic E-state index is 1.20. The maximum atomic E-state index is 2.44. The van der Waals surface area contributed by atoms with Crippen LogP contribution in [0.2, 0.25) is 0 Å². The second-order valence-electron chi connectivity index (χ2n) is 10.6. The second kappa shape index (κ2) is 7.87. The maximum Gasteiger partial charge on any atom is 0.0734 e. The Balaban J connectivity index is 1.45. The number of aromatic nitrogens is 3. The summed E-state index contributed by atoms with van der Waals surface area (Å²) < 4.78 is 7.26. The number of benzene rings is 6. The Morgan fingerprint density at radius 1 is 0.350 bits per heavy atom. The zero-order valence-corrected chi connectivity index (χ0v) is 22.0. The van der Waals surface area contributed by atoms with Crippen LogP contribution in [-0.2, 0) is 7.05 Å². The number of fused-ring (bicyclic) bond motifs is 9. The summed E-state index contributed by atoms with van der Waals surface area (Å²) in [6.45, 7) is 0. The zero-order valence-electron chi connectivity index (χ0n) is 22.0. The van der Waals surface area contributed by atoms with Crippen LogP contribution in [-0.4, -0.2) is 13.7 Å². The predicted molar refractivity (Wildman–Crippen MR) is 169 cm³/mol. The number of rotatable bonds is 2. The molecule has 9 rings (SSSR count).